The van der Waals surface area contributed by atoms with E-state index in [4.69, 9.17) is 15.2 Å². The van der Waals surface area contributed by atoms with Gasteiger partial charge in [0.05, 0.1) is 7.11 Å². The van der Waals surface area contributed by atoms with Crippen LogP contribution in [-0.4, -0.2) is 24.8 Å². The average molecular weight is 287 g/mol. The summed E-state index contributed by atoms with van der Waals surface area (Å²) in [6.07, 6.45) is 0. The Balaban J connectivity index is 2.50. The lowest BCUT2D eigenvalue weighted by Gasteiger charge is -2.32. The third kappa shape index (κ3) is 1.85. The number of carbonyl (C=O) groups excluding carboxylic acids is 1. The largest absolute Gasteiger partial charge is 0.489 e. The van der Waals surface area contributed by atoms with Gasteiger partial charge < -0.3 is 20.3 Å². The first-order valence-electron chi connectivity index (χ1n) is 6.66. The van der Waals surface area contributed by atoms with Gasteiger partial charge in [0.15, 0.2) is 0 Å². The van der Waals surface area contributed by atoms with Gasteiger partial charge in [-0.2, -0.15) is 0 Å². The number of nitrogen functional groups attached to an aromatic ring is 1. The highest BCUT2D eigenvalue weighted by Crippen LogP contribution is 2.45. The molecule has 0 saturated carbocycles. The Morgan fingerprint density at radius 3 is 2.81 bits per heavy atom. The highest BCUT2D eigenvalue weighted by atomic mass is 16.5. The fraction of sp³-hybridized carbons (Fsp3) is 0.312. The monoisotopic (exact) mass is 287 g/mol. The second-order valence-electron chi connectivity index (χ2n) is 5.58. The molecule has 2 aromatic carbocycles. The molecule has 5 nitrogen and oxygen atoms in total. The molecular weight excluding hydrogens is 270 g/mol. The fourth-order valence-electron chi connectivity index (χ4n) is 2.89. The minimum atomic E-state index is -1.12. The number of hydrogen-bond donors (Lipinski definition) is 2. The van der Waals surface area contributed by atoms with E-state index in [0.29, 0.717) is 22.4 Å². The predicted octanol–water partition coefficient (Wildman–Crippen LogP) is 2.12. The average Bonchev–Trinajstić information content (AvgIpc) is 2.44. The maximum absolute atomic E-state index is 12.0. The molecule has 1 unspecified atom stereocenters. The van der Waals surface area contributed by atoms with Gasteiger partial charge in [-0.3, -0.25) is 0 Å². The second kappa shape index (κ2) is 4.36. The quantitative estimate of drug-likeness (QED) is 0.620. The Morgan fingerprint density at radius 2 is 2.14 bits per heavy atom. The Kier molecular flexibility index (Phi) is 2.85. The van der Waals surface area contributed by atoms with Crippen LogP contribution in [0.5, 0.6) is 5.75 Å². The molecule has 1 aliphatic rings. The summed E-state index contributed by atoms with van der Waals surface area (Å²) >= 11 is 0. The molecule has 0 spiro atoms. The fourth-order valence-corrected chi connectivity index (χ4v) is 2.89. The number of ether oxygens (including phenoxy) is 2. The molecule has 0 aliphatic carbocycles. The van der Waals surface area contributed by atoms with E-state index in [1.807, 2.05) is 19.1 Å². The van der Waals surface area contributed by atoms with Crippen molar-refractivity contribution in [2.24, 2.45) is 0 Å². The lowest BCUT2D eigenvalue weighted by molar-refractivity contribution is 0.00302. The first-order chi connectivity index (χ1) is 9.86. The first kappa shape index (κ1) is 13.7. The van der Waals surface area contributed by atoms with Crippen LogP contribution in [0.4, 0.5) is 5.69 Å². The van der Waals surface area contributed by atoms with Crippen molar-refractivity contribution in [3.63, 3.8) is 0 Å². The van der Waals surface area contributed by atoms with E-state index < -0.39 is 11.6 Å². The predicted molar refractivity (Wildman–Crippen MR) is 79.5 cm³/mol. The summed E-state index contributed by atoms with van der Waals surface area (Å²) in [4.78, 5) is 12.0. The van der Waals surface area contributed by atoms with Crippen LogP contribution in [0.1, 0.15) is 28.4 Å². The molecule has 0 radical (unpaired) electrons. The number of rotatable bonds is 1. The zero-order valence-electron chi connectivity index (χ0n) is 12.2. The van der Waals surface area contributed by atoms with Crippen LogP contribution in [-0.2, 0) is 10.3 Å². The minimum Gasteiger partial charge on any atom is -0.489 e. The van der Waals surface area contributed by atoms with Crippen molar-refractivity contribution in [1.82, 2.24) is 0 Å². The summed E-state index contributed by atoms with van der Waals surface area (Å²) in [5.74, 6) is -0.0797. The summed E-state index contributed by atoms with van der Waals surface area (Å²) < 4.78 is 10.5. The normalized spacial score (nSPS) is 20.2. The Bertz CT molecular complexity index is 765. The number of hydrogen-bond acceptors (Lipinski definition) is 5. The molecule has 1 atom stereocenters. The third-order valence-corrected chi connectivity index (χ3v) is 3.96. The lowest BCUT2D eigenvalue weighted by Crippen LogP contribution is -2.33. The number of carbonyl (C=O) groups is 1. The second-order valence-corrected chi connectivity index (χ2v) is 5.58. The van der Waals surface area contributed by atoms with Gasteiger partial charge in [0.1, 0.15) is 23.5 Å². The molecule has 1 heterocycles. The van der Waals surface area contributed by atoms with Crippen molar-refractivity contribution in [1.29, 1.82) is 0 Å². The van der Waals surface area contributed by atoms with E-state index in [1.165, 1.54) is 7.11 Å². The van der Waals surface area contributed by atoms with Crippen LogP contribution in [0.2, 0.25) is 0 Å². The van der Waals surface area contributed by atoms with E-state index in [2.05, 4.69) is 0 Å². The van der Waals surface area contributed by atoms with Crippen molar-refractivity contribution >= 4 is 22.4 Å². The van der Waals surface area contributed by atoms with Gasteiger partial charge in [-0.1, -0.05) is 12.1 Å². The number of benzene rings is 2. The molecule has 3 N–H and O–H groups in total. The summed E-state index contributed by atoms with van der Waals surface area (Å²) in [7, 11) is 1.31. The van der Waals surface area contributed by atoms with Crippen molar-refractivity contribution < 1.29 is 19.4 Å². The minimum absolute atomic E-state index is 0.0755. The molecule has 21 heavy (non-hydrogen) atoms. The topological polar surface area (TPSA) is 81.8 Å². The van der Waals surface area contributed by atoms with Gasteiger partial charge >= 0.3 is 5.97 Å². The van der Waals surface area contributed by atoms with Crippen LogP contribution >= 0.6 is 0 Å². The van der Waals surface area contributed by atoms with Crippen molar-refractivity contribution in [3.05, 3.63) is 34.9 Å². The van der Waals surface area contributed by atoms with E-state index in [9.17, 15) is 9.90 Å². The molecule has 0 bridgehead atoms. The SMILES string of the molecule is COC(=O)c1cc(N)c2c(C)ccc3c2c1OCC3(C)O. The van der Waals surface area contributed by atoms with Gasteiger partial charge in [-0.25, -0.2) is 4.79 Å². The van der Waals surface area contributed by atoms with Gasteiger partial charge in [0.2, 0.25) is 0 Å². The maximum Gasteiger partial charge on any atom is 0.341 e. The zero-order valence-corrected chi connectivity index (χ0v) is 12.2. The van der Waals surface area contributed by atoms with E-state index >= 15 is 0 Å². The summed E-state index contributed by atoms with van der Waals surface area (Å²) in [6, 6.07) is 5.33. The molecule has 0 aromatic heterocycles. The van der Waals surface area contributed by atoms with Crippen molar-refractivity contribution in [2.45, 2.75) is 19.4 Å². The third-order valence-electron chi connectivity index (χ3n) is 3.96. The molecule has 2 aromatic rings. The van der Waals surface area contributed by atoms with Gasteiger partial charge in [-0.05, 0) is 31.0 Å². The number of aryl methyl sites for hydroxylation is 1. The van der Waals surface area contributed by atoms with E-state index in [-0.39, 0.29) is 12.2 Å². The number of aliphatic hydroxyl groups is 1. The van der Waals surface area contributed by atoms with Gasteiger partial charge in [-0.15, -0.1) is 0 Å². The van der Waals surface area contributed by atoms with Gasteiger partial charge in [0, 0.05) is 16.5 Å². The Labute approximate surface area is 122 Å². The van der Waals surface area contributed by atoms with E-state index in [0.717, 1.165) is 10.9 Å². The Morgan fingerprint density at radius 1 is 1.43 bits per heavy atom. The lowest BCUT2D eigenvalue weighted by atomic mass is 9.86. The highest BCUT2D eigenvalue weighted by molar-refractivity contribution is 6.09. The van der Waals surface area contributed by atoms with Crippen molar-refractivity contribution in [2.75, 3.05) is 19.5 Å². The zero-order chi connectivity index (χ0) is 15.4. The van der Waals surface area contributed by atoms with E-state index in [1.54, 1.807) is 13.0 Å². The number of esters is 1. The van der Waals surface area contributed by atoms with Crippen LogP contribution in [0.25, 0.3) is 10.8 Å². The summed E-state index contributed by atoms with van der Waals surface area (Å²) in [6.45, 7) is 3.69. The molecule has 110 valence electrons. The molecule has 0 amide bonds. The number of methoxy groups -OCH3 is 1. The van der Waals surface area contributed by atoms with Crippen LogP contribution in [0.3, 0.4) is 0 Å². The van der Waals surface area contributed by atoms with Crippen molar-refractivity contribution in [3.8, 4) is 5.75 Å². The van der Waals surface area contributed by atoms with Crippen LogP contribution in [0, 0.1) is 6.92 Å². The Hall–Kier alpha value is -2.27. The van der Waals surface area contributed by atoms with Crippen LogP contribution in [0.15, 0.2) is 18.2 Å². The standard InChI is InChI=1S/C16H17NO4/c1-8-4-5-10-13-12(8)11(17)6-9(15(18)20-3)14(13)21-7-16(10,2)19/h4-6,19H,7,17H2,1-3H3. The molecule has 1 aliphatic heterocycles. The molecule has 0 saturated heterocycles. The maximum atomic E-state index is 12.0. The first-order valence-corrected chi connectivity index (χ1v) is 6.66. The van der Waals surface area contributed by atoms with Crippen LogP contribution < -0.4 is 10.5 Å². The molecule has 3 rings (SSSR count). The molecular formula is C16H17NO4. The molecule has 0 fully saturated rings. The smallest absolute Gasteiger partial charge is 0.341 e. The number of nitrogens with two attached hydrogens (primary N) is 1. The highest BCUT2D eigenvalue weighted by Gasteiger charge is 2.35. The molecule has 5 heteroatoms. The van der Waals surface area contributed by atoms with Gasteiger partial charge in [0.25, 0.3) is 0 Å². The summed E-state index contributed by atoms with van der Waals surface area (Å²) in [5.41, 5.74) is 7.41. The number of anilines is 1. The summed E-state index contributed by atoms with van der Waals surface area (Å²) in [5, 5.41) is 12.0.